The summed E-state index contributed by atoms with van der Waals surface area (Å²) in [7, 11) is 2.26. The number of hydrogen-bond donors (Lipinski definition) is 1. The van der Waals surface area contributed by atoms with Gasteiger partial charge in [-0.25, -0.2) is 10.4 Å². The fourth-order valence-corrected chi connectivity index (χ4v) is 5.38. The van der Waals surface area contributed by atoms with Gasteiger partial charge in [0.05, 0.1) is 0 Å². The molecule has 0 saturated carbocycles. The van der Waals surface area contributed by atoms with E-state index in [1.54, 1.807) is 0 Å². The average molecular weight is 380 g/mol. The third-order valence-electron chi connectivity index (χ3n) is 7.22. The quantitative estimate of drug-likeness (QED) is 0.677. The van der Waals surface area contributed by atoms with Crippen molar-refractivity contribution in [2.45, 2.75) is 69.7 Å². The van der Waals surface area contributed by atoms with Crippen LogP contribution in [0.15, 0.2) is 0 Å². The predicted octanol–water partition coefficient (Wildman–Crippen LogP) is 1.58. The summed E-state index contributed by atoms with van der Waals surface area (Å²) in [6.07, 6.45) is 10.7. The van der Waals surface area contributed by atoms with Crippen LogP contribution in [0.5, 0.6) is 0 Å². The lowest BCUT2D eigenvalue weighted by molar-refractivity contribution is 0.0115. The molecule has 4 fully saturated rings. The van der Waals surface area contributed by atoms with Crippen LogP contribution in [0.2, 0.25) is 0 Å². The number of rotatable bonds is 7. The number of likely N-dealkylation sites (tertiary alicyclic amines) is 1. The Hall–Kier alpha value is -0.240. The van der Waals surface area contributed by atoms with Gasteiger partial charge in [0.2, 0.25) is 0 Å². The first-order valence-electron chi connectivity index (χ1n) is 11.6. The maximum Gasteiger partial charge on any atom is 0.122 e. The molecule has 0 spiro atoms. The minimum absolute atomic E-state index is 0.270. The summed E-state index contributed by atoms with van der Waals surface area (Å²) < 4.78 is 6.11. The predicted molar refractivity (Wildman–Crippen MR) is 110 cm³/mol. The molecule has 0 amide bonds. The minimum atomic E-state index is 0.270. The van der Waals surface area contributed by atoms with Gasteiger partial charge in [0.15, 0.2) is 0 Å². The molecule has 156 valence electrons. The van der Waals surface area contributed by atoms with E-state index in [4.69, 9.17) is 4.74 Å². The second-order valence-corrected chi connectivity index (χ2v) is 9.19. The van der Waals surface area contributed by atoms with Gasteiger partial charge in [-0.15, -0.1) is 0 Å². The molecule has 1 N–H and O–H groups in total. The van der Waals surface area contributed by atoms with Crippen molar-refractivity contribution in [3.05, 3.63) is 0 Å². The third-order valence-corrected chi connectivity index (χ3v) is 7.22. The van der Waals surface area contributed by atoms with E-state index in [0.29, 0.717) is 0 Å². The van der Waals surface area contributed by atoms with Crippen LogP contribution in [0.3, 0.4) is 0 Å². The summed E-state index contributed by atoms with van der Waals surface area (Å²) in [4.78, 5) is 7.90. The maximum absolute atomic E-state index is 6.11. The van der Waals surface area contributed by atoms with Gasteiger partial charge in [-0.2, -0.15) is 0 Å². The summed E-state index contributed by atoms with van der Waals surface area (Å²) in [6, 6.07) is 1.57. The number of piperidine rings is 2. The Morgan fingerprint density at radius 1 is 0.852 bits per heavy atom. The molecule has 4 heterocycles. The van der Waals surface area contributed by atoms with Gasteiger partial charge in [0.1, 0.15) is 6.23 Å². The van der Waals surface area contributed by atoms with Gasteiger partial charge < -0.3 is 14.5 Å². The summed E-state index contributed by atoms with van der Waals surface area (Å²) in [5.41, 5.74) is 3.56. The van der Waals surface area contributed by atoms with Gasteiger partial charge in [-0.3, -0.25) is 4.90 Å². The monoisotopic (exact) mass is 379 g/mol. The number of nitrogens with one attached hydrogen (secondary N) is 1. The van der Waals surface area contributed by atoms with Gasteiger partial charge in [-0.05, 0) is 65.2 Å². The number of nitrogens with zero attached hydrogens (tertiary/aromatic N) is 4. The fraction of sp³-hybridized carbons (Fsp3) is 1.00. The largest absolute Gasteiger partial charge is 0.362 e. The molecule has 4 saturated heterocycles. The number of unbranched alkanes of at least 4 members (excludes halogenated alkanes) is 1. The molecule has 0 aromatic heterocycles. The summed E-state index contributed by atoms with van der Waals surface area (Å²) in [6.45, 7) is 11.0. The first-order valence-corrected chi connectivity index (χ1v) is 11.6. The van der Waals surface area contributed by atoms with Crippen molar-refractivity contribution < 1.29 is 4.74 Å². The van der Waals surface area contributed by atoms with Crippen LogP contribution in [0.1, 0.15) is 51.4 Å². The standard InChI is InChI=1S/C21H41N5O/c1-23-11-7-19(8-12-23)25-15-13-24(14-16-25)9-4-5-17-27-21-18-20-6-2-3-10-26(20)22-21/h19-22H,2-18H2,1H3. The molecular formula is C21H41N5O. The smallest absolute Gasteiger partial charge is 0.122 e. The van der Waals surface area contributed by atoms with E-state index in [0.717, 1.165) is 18.7 Å². The molecule has 6 heteroatoms. The Kier molecular flexibility index (Phi) is 7.42. The molecule has 2 unspecified atom stereocenters. The van der Waals surface area contributed by atoms with Crippen LogP contribution < -0.4 is 5.43 Å². The van der Waals surface area contributed by atoms with Crippen LogP contribution in [-0.4, -0.2) is 104 Å². The van der Waals surface area contributed by atoms with Gasteiger partial charge in [0.25, 0.3) is 0 Å². The van der Waals surface area contributed by atoms with Crippen molar-refractivity contribution in [3.8, 4) is 0 Å². The number of fused-ring (bicyclic) bond motifs is 1. The molecular weight excluding hydrogens is 338 g/mol. The third kappa shape index (κ3) is 5.64. The van der Waals surface area contributed by atoms with Crippen LogP contribution in [0.4, 0.5) is 0 Å². The lowest BCUT2D eigenvalue weighted by atomic mass is 10.0. The maximum atomic E-state index is 6.11. The van der Waals surface area contributed by atoms with Crippen molar-refractivity contribution in [3.63, 3.8) is 0 Å². The summed E-state index contributed by atoms with van der Waals surface area (Å²) in [5.74, 6) is 0. The zero-order chi connectivity index (χ0) is 18.5. The number of piperazine rings is 1. The van der Waals surface area contributed by atoms with E-state index >= 15 is 0 Å². The van der Waals surface area contributed by atoms with E-state index in [1.165, 1.54) is 104 Å². The van der Waals surface area contributed by atoms with E-state index < -0.39 is 0 Å². The zero-order valence-electron chi connectivity index (χ0n) is 17.4. The molecule has 27 heavy (non-hydrogen) atoms. The number of ether oxygens (including phenoxy) is 1. The van der Waals surface area contributed by atoms with E-state index in [9.17, 15) is 0 Å². The fourth-order valence-electron chi connectivity index (χ4n) is 5.38. The number of hydrazine groups is 1. The Labute approximate surface area is 166 Å². The Balaban J connectivity index is 1.03. The lowest BCUT2D eigenvalue weighted by Crippen LogP contribution is -2.52. The van der Waals surface area contributed by atoms with Crippen LogP contribution in [-0.2, 0) is 4.74 Å². The highest BCUT2D eigenvalue weighted by Crippen LogP contribution is 2.25. The van der Waals surface area contributed by atoms with Crippen molar-refractivity contribution in [2.24, 2.45) is 0 Å². The molecule has 0 aromatic carbocycles. The molecule has 0 bridgehead atoms. The first-order chi connectivity index (χ1) is 13.3. The molecule has 0 aromatic rings. The van der Waals surface area contributed by atoms with Crippen molar-refractivity contribution >= 4 is 0 Å². The van der Waals surface area contributed by atoms with Crippen molar-refractivity contribution in [2.75, 3.05) is 66.0 Å². The molecule has 4 aliphatic heterocycles. The highest BCUT2D eigenvalue weighted by Gasteiger charge is 2.33. The molecule has 0 aliphatic carbocycles. The van der Waals surface area contributed by atoms with Crippen molar-refractivity contribution in [1.82, 2.24) is 25.1 Å². The second-order valence-electron chi connectivity index (χ2n) is 9.19. The van der Waals surface area contributed by atoms with Crippen LogP contribution in [0.25, 0.3) is 0 Å². The van der Waals surface area contributed by atoms with Crippen molar-refractivity contribution in [1.29, 1.82) is 0 Å². The topological polar surface area (TPSA) is 34.2 Å². The summed E-state index contributed by atoms with van der Waals surface area (Å²) >= 11 is 0. The van der Waals surface area contributed by atoms with Gasteiger partial charge in [-0.1, -0.05) is 6.42 Å². The first kappa shape index (κ1) is 20.0. The van der Waals surface area contributed by atoms with E-state index in [1.807, 2.05) is 0 Å². The Morgan fingerprint density at radius 3 is 2.44 bits per heavy atom. The van der Waals surface area contributed by atoms with Gasteiger partial charge in [0, 0.05) is 57.8 Å². The van der Waals surface area contributed by atoms with E-state index in [-0.39, 0.29) is 6.23 Å². The molecule has 4 aliphatic rings. The number of hydrogen-bond acceptors (Lipinski definition) is 6. The van der Waals surface area contributed by atoms with E-state index in [2.05, 4.69) is 32.2 Å². The van der Waals surface area contributed by atoms with Crippen LogP contribution >= 0.6 is 0 Å². The molecule has 2 atom stereocenters. The second kappa shape index (κ2) is 9.99. The highest BCUT2D eigenvalue weighted by atomic mass is 16.5. The molecule has 0 radical (unpaired) electrons. The minimum Gasteiger partial charge on any atom is -0.362 e. The average Bonchev–Trinajstić information content (AvgIpc) is 3.12. The summed E-state index contributed by atoms with van der Waals surface area (Å²) in [5, 5.41) is 2.43. The molecule has 4 rings (SSSR count). The van der Waals surface area contributed by atoms with Crippen LogP contribution in [0, 0.1) is 0 Å². The molecule has 6 nitrogen and oxygen atoms in total. The van der Waals surface area contributed by atoms with Gasteiger partial charge >= 0.3 is 0 Å². The SMILES string of the molecule is CN1CCC(N2CCN(CCCCOC3CC4CCCCN4N3)CC2)CC1. The Morgan fingerprint density at radius 2 is 1.67 bits per heavy atom. The highest BCUT2D eigenvalue weighted by molar-refractivity contribution is 4.84. The lowest BCUT2D eigenvalue weighted by Gasteiger charge is -2.42. The Bertz CT molecular complexity index is 420. The normalized spacial score (nSPS) is 32.8. The zero-order valence-corrected chi connectivity index (χ0v) is 17.4.